The molecule has 1 aliphatic heterocycles. The van der Waals surface area contributed by atoms with Crippen molar-refractivity contribution in [2.24, 2.45) is 5.92 Å². The molecule has 192 valence electrons. The predicted molar refractivity (Wildman–Crippen MR) is 142 cm³/mol. The second kappa shape index (κ2) is 10.1. The van der Waals surface area contributed by atoms with E-state index in [1.807, 2.05) is 25.1 Å². The van der Waals surface area contributed by atoms with Crippen molar-refractivity contribution in [3.63, 3.8) is 0 Å². The Morgan fingerprint density at radius 1 is 1.31 bits per heavy atom. The molecule has 3 atom stereocenters. The molecule has 0 saturated carbocycles. The first kappa shape index (κ1) is 26.0. The van der Waals surface area contributed by atoms with Crippen molar-refractivity contribution in [1.29, 1.82) is 0 Å². The van der Waals surface area contributed by atoms with E-state index in [0.717, 1.165) is 34.2 Å². The summed E-state index contributed by atoms with van der Waals surface area (Å²) in [7, 11) is 3.61. The minimum atomic E-state index is -1.18. The van der Waals surface area contributed by atoms with Crippen LogP contribution >= 0.6 is 11.3 Å². The number of aliphatic hydroxyl groups is 1. The molecule has 0 aliphatic carbocycles. The van der Waals surface area contributed by atoms with Crippen molar-refractivity contribution in [3.05, 3.63) is 46.6 Å². The zero-order chi connectivity index (χ0) is 26.2. The second-order valence-electron chi connectivity index (χ2n) is 9.89. The number of nitrogens with one attached hydrogen (secondary N) is 1. The van der Waals surface area contributed by atoms with Crippen LogP contribution in [0.3, 0.4) is 0 Å². The van der Waals surface area contributed by atoms with Crippen LogP contribution in [0.15, 0.2) is 30.5 Å². The Hall–Kier alpha value is -3.08. The van der Waals surface area contributed by atoms with Gasteiger partial charge in [0.15, 0.2) is 5.72 Å². The van der Waals surface area contributed by atoms with Crippen LogP contribution in [-0.4, -0.2) is 57.3 Å². The number of pyridine rings is 1. The van der Waals surface area contributed by atoms with E-state index in [-0.39, 0.29) is 12.0 Å². The molecule has 10 heteroatoms. The highest BCUT2D eigenvalue weighted by atomic mass is 32.1. The fourth-order valence-corrected chi connectivity index (χ4v) is 5.53. The molecule has 3 aromatic rings. The third-order valence-corrected chi connectivity index (χ3v) is 8.22. The molecule has 4 rings (SSSR count). The summed E-state index contributed by atoms with van der Waals surface area (Å²) >= 11 is 1.44. The minimum absolute atomic E-state index is 0.237. The largest absolute Gasteiger partial charge is 0.383 e. The van der Waals surface area contributed by atoms with Gasteiger partial charge in [-0.3, -0.25) is 14.5 Å². The lowest BCUT2D eigenvalue weighted by Crippen LogP contribution is -2.46. The van der Waals surface area contributed by atoms with E-state index in [4.69, 9.17) is 5.73 Å². The molecule has 1 saturated heterocycles. The number of amides is 2. The molecule has 9 nitrogen and oxygen atoms in total. The van der Waals surface area contributed by atoms with Gasteiger partial charge < -0.3 is 21.1 Å². The zero-order valence-electron chi connectivity index (χ0n) is 21.4. The summed E-state index contributed by atoms with van der Waals surface area (Å²) in [5.41, 5.74) is 7.65. The topological polar surface area (TPSA) is 125 Å². The zero-order valence-corrected chi connectivity index (χ0v) is 22.2. The van der Waals surface area contributed by atoms with E-state index in [1.54, 1.807) is 36.9 Å². The first-order chi connectivity index (χ1) is 17.0. The number of nitrogens with two attached hydrogens (primary N) is 1. The number of nitrogens with zero attached hydrogens (tertiary/aromatic N) is 4. The third kappa shape index (κ3) is 5.07. The number of piperidine rings is 1. The SMILES string of the molecule is CCc1cc(NC(=O)C(=O)N2C[C@@H](C)CC[C@@H]2c2ccc3sc([C@](C)(O)N(C)C)nc3c2)cnc1N. The number of carbonyl (C=O) groups excluding carboxylic acids is 2. The highest BCUT2D eigenvalue weighted by Crippen LogP contribution is 2.37. The molecule has 2 amide bonds. The summed E-state index contributed by atoms with van der Waals surface area (Å²) in [5, 5.41) is 14.1. The van der Waals surface area contributed by atoms with Gasteiger partial charge in [-0.05, 0) is 75.5 Å². The van der Waals surface area contributed by atoms with Gasteiger partial charge in [-0.15, -0.1) is 11.3 Å². The maximum Gasteiger partial charge on any atom is 0.313 e. The molecule has 0 bridgehead atoms. The normalized spacial score (nSPS) is 19.9. The quantitative estimate of drug-likeness (QED) is 0.354. The lowest BCUT2D eigenvalue weighted by Gasteiger charge is -2.38. The van der Waals surface area contributed by atoms with Gasteiger partial charge in [-0.2, -0.15) is 0 Å². The van der Waals surface area contributed by atoms with Gasteiger partial charge in [0.05, 0.1) is 28.1 Å². The van der Waals surface area contributed by atoms with Crippen LogP contribution in [0.2, 0.25) is 0 Å². The average Bonchev–Trinajstić information content (AvgIpc) is 3.29. The van der Waals surface area contributed by atoms with E-state index in [2.05, 4.69) is 22.2 Å². The Morgan fingerprint density at radius 2 is 2.06 bits per heavy atom. The summed E-state index contributed by atoms with van der Waals surface area (Å²) in [4.78, 5) is 38.5. The van der Waals surface area contributed by atoms with Crippen LogP contribution in [0, 0.1) is 5.92 Å². The number of aromatic nitrogens is 2. The summed E-state index contributed by atoms with van der Waals surface area (Å²) in [6.07, 6.45) is 3.84. The Morgan fingerprint density at radius 3 is 2.75 bits per heavy atom. The molecule has 1 aliphatic rings. The first-order valence-corrected chi connectivity index (χ1v) is 13.0. The van der Waals surface area contributed by atoms with Crippen LogP contribution < -0.4 is 11.1 Å². The number of rotatable bonds is 5. The maximum absolute atomic E-state index is 13.3. The number of fused-ring (bicyclic) bond motifs is 1. The Kier molecular flexibility index (Phi) is 7.31. The van der Waals surface area contributed by atoms with E-state index >= 15 is 0 Å². The fraction of sp³-hybridized carbons (Fsp3) is 0.462. The van der Waals surface area contributed by atoms with Gasteiger partial charge in [0.1, 0.15) is 10.8 Å². The molecular weight excluding hydrogens is 476 g/mol. The molecule has 3 heterocycles. The number of anilines is 2. The number of hydrogen-bond acceptors (Lipinski definition) is 8. The Bertz CT molecular complexity index is 1290. The number of benzene rings is 1. The van der Waals surface area contributed by atoms with E-state index < -0.39 is 17.5 Å². The molecule has 36 heavy (non-hydrogen) atoms. The maximum atomic E-state index is 13.3. The third-order valence-electron chi connectivity index (χ3n) is 6.99. The lowest BCUT2D eigenvalue weighted by molar-refractivity contribution is -0.146. The number of aryl methyl sites for hydroxylation is 1. The van der Waals surface area contributed by atoms with Gasteiger partial charge in [-0.25, -0.2) is 9.97 Å². The van der Waals surface area contributed by atoms with Crippen molar-refractivity contribution in [2.75, 3.05) is 31.7 Å². The van der Waals surface area contributed by atoms with Gasteiger partial charge in [0.2, 0.25) is 0 Å². The van der Waals surface area contributed by atoms with Gasteiger partial charge in [-0.1, -0.05) is 19.9 Å². The first-order valence-electron chi connectivity index (χ1n) is 12.2. The van der Waals surface area contributed by atoms with E-state index in [0.29, 0.717) is 29.5 Å². The predicted octanol–water partition coefficient (Wildman–Crippen LogP) is 3.50. The van der Waals surface area contributed by atoms with Crippen LogP contribution in [0.5, 0.6) is 0 Å². The van der Waals surface area contributed by atoms with Crippen LogP contribution in [0.1, 0.15) is 55.8 Å². The standard InChI is InChI=1S/C26H34N6O3S/c1-6-16-11-18(13-28-22(16)27)29-23(33)24(34)32-14-15(2)7-9-20(32)17-8-10-21-19(12-17)30-25(36-21)26(3,35)31(4)5/h8,10-13,15,20,35H,6-7,9,14H2,1-5H3,(H2,27,28)(H,29,33)/t15-,20+,26-/m0/s1. The summed E-state index contributed by atoms with van der Waals surface area (Å²) in [6, 6.07) is 7.45. The monoisotopic (exact) mass is 510 g/mol. The minimum Gasteiger partial charge on any atom is -0.383 e. The number of hydrogen-bond donors (Lipinski definition) is 3. The van der Waals surface area contributed by atoms with Crippen LogP contribution in [0.25, 0.3) is 10.2 Å². The molecule has 0 radical (unpaired) electrons. The molecule has 2 aromatic heterocycles. The fourth-order valence-electron chi connectivity index (χ4n) is 4.46. The van der Waals surface area contributed by atoms with Crippen LogP contribution in [-0.2, 0) is 21.7 Å². The van der Waals surface area contributed by atoms with Gasteiger partial charge in [0.25, 0.3) is 0 Å². The average molecular weight is 511 g/mol. The number of likely N-dealkylation sites (tertiary alicyclic amines) is 1. The smallest absolute Gasteiger partial charge is 0.313 e. The highest BCUT2D eigenvalue weighted by molar-refractivity contribution is 7.18. The summed E-state index contributed by atoms with van der Waals surface area (Å²) in [5.74, 6) is -0.565. The molecule has 0 spiro atoms. The van der Waals surface area contributed by atoms with E-state index in [1.165, 1.54) is 17.5 Å². The highest BCUT2D eigenvalue weighted by Gasteiger charge is 2.35. The Balaban J connectivity index is 1.59. The van der Waals surface area contributed by atoms with E-state index in [9.17, 15) is 14.7 Å². The van der Waals surface area contributed by atoms with Crippen molar-refractivity contribution < 1.29 is 14.7 Å². The molecule has 1 fully saturated rings. The van der Waals surface area contributed by atoms with Crippen LogP contribution in [0.4, 0.5) is 11.5 Å². The second-order valence-corrected chi connectivity index (χ2v) is 10.9. The summed E-state index contributed by atoms with van der Waals surface area (Å²) in [6.45, 7) is 6.25. The molecular formula is C26H34N6O3S. The van der Waals surface area contributed by atoms with Gasteiger partial charge in [0, 0.05) is 6.54 Å². The van der Waals surface area contributed by atoms with Gasteiger partial charge >= 0.3 is 11.8 Å². The van der Waals surface area contributed by atoms with Crippen molar-refractivity contribution in [3.8, 4) is 0 Å². The molecule has 0 unspecified atom stereocenters. The van der Waals surface area contributed by atoms with Crippen molar-refractivity contribution in [2.45, 2.75) is 51.8 Å². The molecule has 1 aromatic carbocycles. The number of carbonyl (C=O) groups is 2. The Labute approximate surface area is 215 Å². The van der Waals surface area contributed by atoms with Crippen molar-refractivity contribution in [1.82, 2.24) is 19.8 Å². The number of thiazole rings is 1. The molecule has 4 N–H and O–H groups in total. The number of nitrogen functional groups attached to an aromatic ring is 1. The summed E-state index contributed by atoms with van der Waals surface area (Å²) < 4.78 is 0.957. The van der Waals surface area contributed by atoms with Crippen molar-refractivity contribution >= 4 is 44.9 Å². The lowest BCUT2D eigenvalue weighted by atomic mass is 9.89.